The van der Waals surface area contributed by atoms with Gasteiger partial charge in [-0.2, -0.15) is 0 Å². The zero-order valence-electron chi connectivity index (χ0n) is 14.7. The first-order chi connectivity index (χ1) is 11.5. The lowest BCUT2D eigenvalue weighted by Gasteiger charge is -2.41. The molecule has 0 aliphatic carbocycles. The number of hydrogen-bond acceptors (Lipinski definition) is 3. The summed E-state index contributed by atoms with van der Waals surface area (Å²) in [6.45, 7) is 7.95. The van der Waals surface area contributed by atoms with E-state index in [9.17, 15) is 9.59 Å². The molecule has 0 aromatic heterocycles. The van der Waals surface area contributed by atoms with Crippen LogP contribution in [0.3, 0.4) is 0 Å². The van der Waals surface area contributed by atoms with Crippen LogP contribution >= 0.6 is 0 Å². The Hall–Kier alpha value is -1.88. The Kier molecular flexibility index (Phi) is 4.90. The number of carbonyl (C=O) groups is 2. The topological polar surface area (TPSA) is 52.6 Å². The van der Waals surface area contributed by atoms with E-state index in [1.54, 1.807) is 4.90 Å². The van der Waals surface area contributed by atoms with Crippen LogP contribution in [0.4, 0.5) is 0 Å². The first-order valence-electron chi connectivity index (χ1n) is 8.81. The Morgan fingerprint density at radius 1 is 1.17 bits per heavy atom. The molecule has 0 saturated carbocycles. The van der Waals surface area contributed by atoms with Crippen LogP contribution in [-0.2, 0) is 16.1 Å². The molecule has 130 valence electrons. The number of piperazine rings is 1. The van der Waals surface area contributed by atoms with Crippen molar-refractivity contribution in [2.24, 2.45) is 5.41 Å². The monoisotopic (exact) mass is 329 g/mol. The minimum atomic E-state index is -0.315. The van der Waals surface area contributed by atoms with E-state index in [0.717, 1.165) is 31.5 Å². The molecule has 2 aliphatic heterocycles. The van der Waals surface area contributed by atoms with Crippen LogP contribution in [0.25, 0.3) is 0 Å². The largest absolute Gasteiger partial charge is 0.335 e. The molecule has 3 rings (SSSR count). The maximum Gasteiger partial charge on any atom is 0.242 e. The molecule has 2 fully saturated rings. The number of piperidine rings is 1. The molecule has 2 amide bonds. The van der Waals surface area contributed by atoms with Crippen molar-refractivity contribution in [2.75, 3.05) is 32.7 Å². The second-order valence-electron chi connectivity index (χ2n) is 7.34. The lowest BCUT2D eigenvalue weighted by molar-refractivity contribution is -0.152. The summed E-state index contributed by atoms with van der Waals surface area (Å²) in [6.07, 6.45) is 1.70. The number of nitrogens with one attached hydrogen (secondary N) is 1. The molecule has 0 atom stereocenters. The third-order valence-corrected chi connectivity index (χ3v) is 5.32. The smallest absolute Gasteiger partial charge is 0.242 e. The molecule has 5 nitrogen and oxygen atoms in total. The van der Waals surface area contributed by atoms with Crippen molar-refractivity contribution in [1.29, 1.82) is 0 Å². The summed E-state index contributed by atoms with van der Waals surface area (Å²) in [5, 5.41) is 3.30. The molecule has 1 aromatic rings. The second kappa shape index (κ2) is 6.93. The summed E-state index contributed by atoms with van der Waals surface area (Å²) < 4.78 is 0. The quantitative estimate of drug-likeness (QED) is 0.915. The molecular formula is C19H27N3O2. The molecule has 2 aliphatic rings. The number of aryl methyl sites for hydroxylation is 1. The number of amides is 2. The highest BCUT2D eigenvalue weighted by atomic mass is 16.2. The highest BCUT2D eigenvalue weighted by molar-refractivity contribution is 5.88. The van der Waals surface area contributed by atoms with Crippen LogP contribution in [-0.4, -0.2) is 54.3 Å². The van der Waals surface area contributed by atoms with E-state index >= 15 is 0 Å². The van der Waals surface area contributed by atoms with Gasteiger partial charge in [0.15, 0.2) is 0 Å². The molecule has 1 aromatic carbocycles. The van der Waals surface area contributed by atoms with Crippen LogP contribution in [0.15, 0.2) is 24.3 Å². The number of hydrogen-bond donors (Lipinski definition) is 1. The van der Waals surface area contributed by atoms with Crippen molar-refractivity contribution in [3.8, 4) is 0 Å². The molecule has 0 unspecified atom stereocenters. The maximum absolute atomic E-state index is 12.9. The molecular weight excluding hydrogens is 302 g/mol. The summed E-state index contributed by atoms with van der Waals surface area (Å²) in [5.41, 5.74) is 2.04. The van der Waals surface area contributed by atoms with E-state index in [1.165, 1.54) is 5.56 Å². The summed E-state index contributed by atoms with van der Waals surface area (Å²) >= 11 is 0. The van der Waals surface area contributed by atoms with Gasteiger partial charge in [-0.1, -0.05) is 36.8 Å². The molecule has 0 radical (unpaired) electrons. The van der Waals surface area contributed by atoms with Gasteiger partial charge in [0.05, 0.1) is 6.54 Å². The van der Waals surface area contributed by atoms with Crippen molar-refractivity contribution in [3.05, 3.63) is 35.4 Å². The lowest BCUT2D eigenvalue weighted by atomic mass is 9.79. The highest BCUT2D eigenvalue weighted by Gasteiger charge is 2.39. The van der Waals surface area contributed by atoms with E-state index in [4.69, 9.17) is 0 Å². The molecule has 2 heterocycles. The molecule has 1 N–H and O–H groups in total. The fraction of sp³-hybridized carbons (Fsp3) is 0.579. The first-order valence-corrected chi connectivity index (χ1v) is 8.81. The molecule has 5 heteroatoms. The van der Waals surface area contributed by atoms with Crippen LogP contribution < -0.4 is 5.32 Å². The van der Waals surface area contributed by atoms with Crippen molar-refractivity contribution in [3.63, 3.8) is 0 Å². The van der Waals surface area contributed by atoms with Crippen molar-refractivity contribution in [2.45, 2.75) is 33.2 Å². The van der Waals surface area contributed by atoms with E-state index in [0.29, 0.717) is 19.6 Å². The first kappa shape index (κ1) is 17.0. The van der Waals surface area contributed by atoms with Gasteiger partial charge in [-0.05, 0) is 38.4 Å². The summed E-state index contributed by atoms with van der Waals surface area (Å²) in [6, 6.07) is 8.27. The van der Waals surface area contributed by atoms with E-state index in [1.807, 2.05) is 11.8 Å². The van der Waals surface area contributed by atoms with Crippen LogP contribution in [0.1, 0.15) is 30.9 Å². The minimum Gasteiger partial charge on any atom is -0.335 e. The summed E-state index contributed by atoms with van der Waals surface area (Å²) in [5.74, 6) is 0.194. The number of nitrogens with zero attached hydrogens (tertiary/aromatic N) is 2. The van der Waals surface area contributed by atoms with Gasteiger partial charge < -0.3 is 15.1 Å². The Morgan fingerprint density at radius 3 is 2.46 bits per heavy atom. The maximum atomic E-state index is 12.9. The Balaban J connectivity index is 1.59. The second-order valence-corrected chi connectivity index (χ2v) is 7.34. The third kappa shape index (κ3) is 3.61. The third-order valence-electron chi connectivity index (χ3n) is 5.32. The predicted octanol–water partition coefficient (Wildman–Crippen LogP) is 1.56. The Bertz CT molecular complexity index is 606. The van der Waals surface area contributed by atoms with Crippen molar-refractivity contribution < 1.29 is 9.59 Å². The summed E-state index contributed by atoms with van der Waals surface area (Å²) in [4.78, 5) is 29.0. The Labute approximate surface area is 144 Å². The van der Waals surface area contributed by atoms with Crippen LogP contribution in [0, 0.1) is 12.3 Å². The lowest BCUT2D eigenvalue weighted by Crippen LogP contribution is -2.56. The van der Waals surface area contributed by atoms with E-state index in [-0.39, 0.29) is 23.8 Å². The molecule has 24 heavy (non-hydrogen) atoms. The minimum absolute atomic E-state index is 0.0488. The van der Waals surface area contributed by atoms with Crippen LogP contribution in [0.2, 0.25) is 0 Å². The zero-order chi connectivity index (χ0) is 17.2. The average molecular weight is 329 g/mol. The normalized spacial score (nSPS) is 21.0. The predicted molar refractivity (Wildman–Crippen MR) is 93.4 cm³/mol. The molecule has 2 saturated heterocycles. The van der Waals surface area contributed by atoms with Gasteiger partial charge in [-0.3, -0.25) is 9.59 Å². The van der Waals surface area contributed by atoms with Gasteiger partial charge in [0, 0.05) is 25.0 Å². The van der Waals surface area contributed by atoms with Gasteiger partial charge in [-0.25, -0.2) is 0 Å². The standard InChI is InChI=1S/C19H27N3O2/c1-15-3-5-16(6-4-15)13-21-11-12-22(14-17(21)23)18(24)19(2)7-9-20-10-8-19/h3-6,20H,7-14H2,1-2H3. The SMILES string of the molecule is Cc1ccc(CN2CCN(C(=O)C3(C)CCNCC3)CC2=O)cc1. The van der Waals surface area contributed by atoms with Gasteiger partial charge in [0.1, 0.15) is 0 Å². The highest BCUT2D eigenvalue weighted by Crippen LogP contribution is 2.31. The van der Waals surface area contributed by atoms with Crippen LogP contribution in [0.5, 0.6) is 0 Å². The summed E-state index contributed by atoms with van der Waals surface area (Å²) in [7, 11) is 0. The molecule has 0 bridgehead atoms. The van der Waals surface area contributed by atoms with Crippen molar-refractivity contribution in [1.82, 2.24) is 15.1 Å². The fourth-order valence-electron chi connectivity index (χ4n) is 3.54. The Morgan fingerprint density at radius 2 is 1.83 bits per heavy atom. The van der Waals surface area contributed by atoms with Gasteiger partial charge in [-0.15, -0.1) is 0 Å². The van der Waals surface area contributed by atoms with E-state index in [2.05, 4.69) is 36.5 Å². The van der Waals surface area contributed by atoms with Gasteiger partial charge in [0.2, 0.25) is 11.8 Å². The average Bonchev–Trinajstić information content (AvgIpc) is 2.58. The fourth-order valence-corrected chi connectivity index (χ4v) is 3.54. The van der Waals surface area contributed by atoms with Gasteiger partial charge in [0.25, 0.3) is 0 Å². The zero-order valence-corrected chi connectivity index (χ0v) is 14.7. The number of benzene rings is 1. The van der Waals surface area contributed by atoms with E-state index < -0.39 is 0 Å². The molecule has 0 spiro atoms. The number of rotatable bonds is 3. The van der Waals surface area contributed by atoms with Gasteiger partial charge >= 0.3 is 0 Å². The van der Waals surface area contributed by atoms with Crippen molar-refractivity contribution >= 4 is 11.8 Å². The number of carbonyl (C=O) groups excluding carboxylic acids is 2.